The average Bonchev–Trinajstić information content (AvgIpc) is 2.87. The van der Waals surface area contributed by atoms with Gasteiger partial charge in [0.05, 0.1) is 12.4 Å². The molecule has 1 amide bonds. The Bertz CT molecular complexity index is 472. The molecule has 1 aromatic rings. The van der Waals surface area contributed by atoms with Gasteiger partial charge in [0.1, 0.15) is 11.8 Å². The van der Waals surface area contributed by atoms with Gasteiger partial charge in [0.2, 0.25) is 5.91 Å². The van der Waals surface area contributed by atoms with Crippen molar-refractivity contribution in [2.45, 2.75) is 38.3 Å². The lowest BCUT2D eigenvalue weighted by Crippen LogP contribution is -2.43. The molecule has 0 bridgehead atoms. The number of aromatic amines is 1. The van der Waals surface area contributed by atoms with Crippen LogP contribution in [0, 0.1) is 0 Å². The first-order valence-corrected chi connectivity index (χ1v) is 6.15. The highest BCUT2D eigenvalue weighted by Crippen LogP contribution is 2.01. The Kier molecular flexibility index (Phi) is 5.85. The molecule has 2 unspecified atom stereocenters. The van der Waals surface area contributed by atoms with Gasteiger partial charge >= 0.3 is 5.97 Å². The van der Waals surface area contributed by atoms with Crippen LogP contribution in [0.1, 0.15) is 25.5 Å². The molecule has 0 aliphatic carbocycles. The molecule has 5 N–H and O–H groups in total. The molecule has 1 aromatic heterocycles. The number of aromatic nitrogens is 2. The molecule has 0 saturated carbocycles. The molecule has 1 rings (SSSR count). The van der Waals surface area contributed by atoms with Crippen LogP contribution >= 0.6 is 0 Å². The molecule has 0 fully saturated rings. The number of ketones is 1. The van der Waals surface area contributed by atoms with Crippen molar-refractivity contribution in [1.29, 1.82) is 0 Å². The number of aliphatic carboxylic acids is 1. The standard InChI is InChI=1S/C12H18N4O4/c1-7(17)9(13)2-3-11(18)16-10(12(19)20)4-8-5-14-6-15-8/h5-6,9-10H,2-4,13H2,1H3,(H,14,15)(H,16,18)(H,19,20). The van der Waals surface area contributed by atoms with Gasteiger partial charge < -0.3 is 21.1 Å². The van der Waals surface area contributed by atoms with Gasteiger partial charge in [0.25, 0.3) is 0 Å². The monoisotopic (exact) mass is 282 g/mol. The lowest BCUT2D eigenvalue weighted by molar-refractivity contribution is -0.141. The lowest BCUT2D eigenvalue weighted by Gasteiger charge is -2.14. The Morgan fingerprint density at radius 3 is 2.70 bits per heavy atom. The SMILES string of the molecule is CC(=O)C(N)CCC(=O)NC(Cc1cnc[nH]1)C(=O)O. The molecular weight excluding hydrogens is 264 g/mol. The number of rotatable bonds is 8. The molecule has 1 heterocycles. The summed E-state index contributed by atoms with van der Waals surface area (Å²) >= 11 is 0. The van der Waals surface area contributed by atoms with Gasteiger partial charge in [-0.3, -0.25) is 9.59 Å². The molecular formula is C12H18N4O4. The Hall–Kier alpha value is -2.22. The molecule has 8 heteroatoms. The van der Waals surface area contributed by atoms with Crippen molar-refractivity contribution in [3.63, 3.8) is 0 Å². The summed E-state index contributed by atoms with van der Waals surface area (Å²) in [6.45, 7) is 1.35. The van der Waals surface area contributed by atoms with Gasteiger partial charge in [-0.05, 0) is 13.3 Å². The van der Waals surface area contributed by atoms with E-state index in [1.54, 1.807) is 0 Å². The molecule has 0 aromatic carbocycles. The fourth-order valence-corrected chi connectivity index (χ4v) is 1.57. The maximum Gasteiger partial charge on any atom is 0.326 e. The van der Waals surface area contributed by atoms with Crippen LogP contribution in [-0.2, 0) is 20.8 Å². The summed E-state index contributed by atoms with van der Waals surface area (Å²) in [6, 6.07) is -1.74. The van der Waals surface area contributed by atoms with Crippen LogP contribution in [0.25, 0.3) is 0 Å². The average molecular weight is 282 g/mol. The number of amides is 1. The quantitative estimate of drug-likeness (QED) is 0.493. The van der Waals surface area contributed by atoms with Crippen molar-refractivity contribution >= 4 is 17.7 Å². The van der Waals surface area contributed by atoms with Crippen LogP contribution in [0.3, 0.4) is 0 Å². The third-order valence-electron chi connectivity index (χ3n) is 2.82. The largest absolute Gasteiger partial charge is 0.480 e. The number of hydrogen-bond acceptors (Lipinski definition) is 5. The van der Waals surface area contributed by atoms with E-state index in [1.807, 2.05) is 0 Å². The first-order valence-electron chi connectivity index (χ1n) is 6.15. The van der Waals surface area contributed by atoms with Gasteiger partial charge in [0.15, 0.2) is 0 Å². The second-order valence-electron chi connectivity index (χ2n) is 4.50. The number of hydrogen-bond donors (Lipinski definition) is 4. The predicted molar refractivity (Wildman–Crippen MR) is 69.7 cm³/mol. The van der Waals surface area contributed by atoms with E-state index in [-0.39, 0.29) is 25.0 Å². The Balaban J connectivity index is 2.47. The Labute approximate surface area is 115 Å². The van der Waals surface area contributed by atoms with E-state index >= 15 is 0 Å². The van der Waals surface area contributed by atoms with Gasteiger partial charge in [-0.2, -0.15) is 0 Å². The van der Waals surface area contributed by atoms with Crippen molar-refractivity contribution in [3.8, 4) is 0 Å². The normalized spacial score (nSPS) is 13.5. The summed E-state index contributed by atoms with van der Waals surface area (Å²) in [5, 5.41) is 11.5. The van der Waals surface area contributed by atoms with E-state index < -0.39 is 24.0 Å². The number of Topliss-reactive ketones (excluding diaryl/α,β-unsaturated/α-hetero) is 1. The molecule has 8 nitrogen and oxygen atoms in total. The van der Waals surface area contributed by atoms with E-state index in [9.17, 15) is 14.4 Å². The zero-order valence-corrected chi connectivity index (χ0v) is 11.1. The number of H-pyrrole nitrogens is 1. The van der Waals surface area contributed by atoms with Gasteiger partial charge in [-0.15, -0.1) is 0 Å². The number of carboxylic acids is 1. The van der Waals surface area contributed by atoms with Crippen LogP contribution in [0.2, 0.25) is 0 Å². The fraction of sp³-hybridized carbons (Fsp3) is 0.500. The van der Waals surface area contributed by atoms with E-state index in [2.05, 4.69) is 15.3 Å². The summed E-state index contributed by atoms with van der Waals surface area (Å²) in [5.74, 6) is -1.79. The minimum Gasteiger partial charge on any atom is -0.480 e. The molecule has 0 saturated heterocycles. The molecule has 0 radical (unpaired) electrons. The maximum atomic E-state index is 11.6. The minimum atomic E-state index is -1.14. The van der Waals surface area contributed by atoms with E-state index in [0.717, 1.165) is 0 Å². The van der Waals surface area contributed by atoms with Crippen molar-refractivity contribution < 1.29 is 19.5 Å². The molecule has 20 heavy (non-hydrogen) atoms. The van der Waals surface area contributed by atoms with Crippen molar-refractivity contribution in [2.24, 2.45) is 5.73 Å². The summed E-state index contributed by atoms with van der Waals surface area (Å²) in [6.07, 6.45) is 3.24. The number of carboxylic acid groups (broad SMARTS) is 1. The topological polar surface area (TPSA) is 138 Å². The van der Waals surface area contributed by atoms with Crippen LogP contribution in [0.4, 0.5) is 0 Å². The second-order valence-corrected chi connectivity index (χ2v) is 4.50. The summed E-state index contributed by atoms with van der Waals surface area (Å²) < 4.78 is 0. The van der Waals surface area contributed by atoms with Crippen molar-refractivity contribution in [3.05, 3.63) is 18.2 Å². The zero-order valence-electron chi connectivity index (χ0n) is 11.1. The molecule has 2 atom stereocenters. The second kappa shape index (κ2) is 7.39. The highest BCUT2D eigenvalue weighted by Gasteiger charge is 2.21. The molecule has 0 aliphatic heterocycles. The van der Waals surface area contributed by atoms with Gasteiger partial charge in [-0.1, -0.05) is 0 Å². The first kappa shape index (κ1) is 15.8. The number of nitrogens with two attached hydrogens (primary N) is 1. The third-order valence-corrected chi connectivity index (χ3v) is 2.82. The van der Waals surface area contributed by atoms with Gasteiger partial charge in [0, 0.05) is 24.7 Å². The van der Waals surface area contributed by atoms with Crippen LogP contribution in [0.5, 0.6) is 0 Å². The molecule has 110 valence electrons. The Morgan fingerprint density at radius 2 is 2.20 bits per heavy atom. The third kappa shape index (κ3) is 5.19. The molecule has 0 aliphatic rings. The first-order chi connectivity index (χ1) is 9.40. The van der Waals surface area contributed by atoms with Crippen LogP contribution in [0.15, 0.2) is 12.5 Å². The van der Waals surface area contributed by atoms with Crippen LogP contribution < -0.4 is 11.1 Å². The van der Waals surface area contributed by atoms with Crippen molar-refractivity contribution in [1.82, 2.24) is 15.3 Å². The number of nitrogens with one attached hydrogen (secondary N) is 2. The summed E-state index contributed by atoms with van der Waals surface area (Å²) in [5.41, 5.74) is 6.12. The number of carbonyl (C=O) groups excluding carboxylic acids is 2. The Morgan fingerprint density at radius 1 is 1.50 bits per heavy atom. The van der Waals surface area contributed by atoms with Gasteiger partial charge in [-0.25, -0.2) is 9.78 Å². The van der Waals surface area contributed by atoms with Crippen LogP contribution in [-0.4, -0.2) is 44.8 Å². The zero-order chi connectivity index (χ0) is 15.1. The predicted octanol–water partition coefficient (Wildman–Crippen LogP) is -0.782. The number of nitrogens with zero attached hydrogens (tertiary/aromatic N) is 1. The fourth-order valence-electron chi connectivity index (χ4n) is 1.57. The maximum absolute atomic E-state index is 11.6. The highest BCUT2D eigenvalue weighted by atomic mass is 16.4. The summed E-state index contributed by atoms with van der Waals surface area (Å²) in [4.78, 5) is 40.2. The number of carbonyl (C=O) groups is 3. The minimum absolute atomic E-state index is 0.00744. The lowest BCUT2D eigenvalue weighted by atomic mass is 10.1. The summed E-state index contributed by atoms with van der Waals surface area (Å²) in [7, 11) is 0. The highest BCUT2D eigenvalue weighted by molar-refractivity contribution is 5.85. The van der Waals surface area contributed by atoms with E-state index in [4.69, 9.17) is 10.8 Å². The molecule has 0 spiro atoms. The number of imidazole rings is 1. The van der Waals surface area contributed by atoms with Crippen molar-refractivity contribution in [2.75, 3.05) is 0 Å². The van der Waals surface area contributed by atoms with E-state index in [1.165, 1.54) is 19.4 Å². The van der Waals surface area contributed by atoms with E-state index in [0.29, 0.717) is 5.69 Å². The smallest absolute Gasteiger partial charge is 0.326 e.